The number of carbonyl (C=O) groups is 1. The average molecular weight is 324 g/mol. The third-order valence-electron chi connectivity index (χ3n) is 2.94. The lowest BCUT2D eigenvalue weighted by atomic mass is 9.92. The molecule has 1 heterocycles. The van der Waals surface area contributed by atoms with E-state index in [0.29, 0.717) is 16.3 Å². The van der Waals surface area contributed by atoms with Gasteiger partial charge in [0.05, 0.1) is 5.56 Å². The molecular weight excluding hydrogens is 307 g/mol. The van der Waals surface area contributed by atoms with Crippen LogP contribution in [0.5, 0.6) is 0 Å². The van der Waals surface area contributed by atoms with Crippen LogP contribution in [0.15, 0.2) is 21.4 Å². The van der Waals surface area contributed by atoms with Crippen molar-refractivity contribution in [1.82, 2.24) is 5.32 Å². The van der Waals surface area contributed by atoms with Gasteiger partial charge in [0.25, 0.3) is 5.91 Å². The summed E-state index contributed by atoms with van der Waals surface area (Å²) in [4.78, 5) is 11.8. The maximum atomic E-state index is 11.8. The Morgan fingerprint density at radius 2 is 2.06 bits per heavy atom. The molecule has 6 heteroatoms. The number of furan rings is 1. The van der Waals surface area contributed by atoms with Crippen molar-refractivity contribution in [3.63, 3.8) is 0 Å². The van der Waals surface area contributed by atoms with E-state index in [1.54, 1.807) is 6.07 Å². The van der Waals surface area contributed by atoms with Gasteiger partial charge >= 0.3 is 0 Å². The molecule has 0 unspecified atom stereocenters. The summed E-state index contributed by atoms with van der Waals surface area (Å²) in [5.41, 5.74) is 6.37. The highest BCUT2D eigenvalue weighted by atomic mass is 79.9. The summed E-state index contributed by atoms with van der Waals surface area (Å²) in [5.74, 6) is -0.0741. The monoisotopic (exact) mass is 322 g/mol. The van der Waals surface area contributed by atoms with Gasteiger partial charge in [0.2, 0.25) is 0 Å². The molecule has 0 saturated heterocycles. The topological polar surface area (TPSA) is 68.3 Å². The third-order valence-corrected chi connectivity index (χ3v) is 3.35. The highest BCUT2D eigenvalue weighted by molar-refractivity contribution is 9.10. The summed E-state index contributed by atoms with van der Waals surface area (Å²) in [7, 11) is 0. The van der Waals surface area contributed by atoms with Gasteiger partial charge in [-0.2, -0.15) is 0 Å². The van der Waals surface area contributed by atoms with Crippen molar-refractivity contribution in [1.29, 1.82) is 0 Å². The van der Waals surface area contributed by atoms with Gasteiger partial charge in [-0.3, -0.25) is 4.79 Å². The highest BCUT2D eigenvalue weighted by Gasteiger charge is 2.21. The Morgan fingerprint density at radius 3 is 2.59 bits per heavy atom. The summed E-state index contributed by atoms with van der Waals surface area (Å²) < 4.78 is 5.60. The Labute approximate surface area is 115 Å². The maximum absolute atomic E-state index is 11.8. The Kier molecular flexibility index (Phi) is 5.49. The number of hydrogen-bond donors (Lipinski definition) is 2. The molecule has 96 valence electrons. The van der Waals surface area contributed by atoms with Crippen molar-refractivity contribution in [3.8, 4) is 0 Å². The van der Waals surface area contributed by atoms with Crippen LogP contribution in [-0.2, 0) is 0 Å². The Hall–Kier alpha value is -0.520. The zero-order chi connectivity index (χ0) is 11.5. The van der Waals surface area contributed by atoms with E-state index in [2.05, 4.69) is 21.2 Å². The van der Waals surface area contributed by atoms with E-state index >= 15 is 0 Å². The summed E-state index contributed by atoms with van der Waals surface area (Å²) in [5, 5.41) is 2.99. The molecule has 1 saturated carbocycles. The molecular formula is C11H16BrClN2O2. The standard InChI is InChI=1S/C11H15BrN2O2.ClH/c12-10-5-7(6-16-10)11(15)14-9-3-1-8(13)2-4-9;/h5-6,8-9H,1-4,13H2,(H,14,15);1H. The highest BCUT2D eigenvalue weighted by Crippen LogP contribution is 2.18. The van der Waals surface area contributed by atoms with Crippen LogP contribution in [0.2, 0.25) is 0 Å². The van der Waals surface area contributed by atoms with Crippen LogP contribution in [0.25, 0.3) is 0 Å². The normalized spacial score (nSPS) is 23.9. The van der Waals surface area contributed by atoms with E-state index in [9.17, 15) is 4.79 Å². The lowest BCUT2D eigenvalue weighted by molar-refractivity contribution is 0.0925. The Bertz CT molecular complexity index is 375. The summed E-state index contributed by atoms with van der Waals surface area (Å²) in [6.07, 6.45) is 5.35. The molecule has 0 atom stereocenters. The van der Waals surface area contributed by atoms with Crippen molar-refractivity contribution in [2.24, 2.45) is 5.73 Å². The Balaban J connectivity index is 0.00000144. The first-order valence-electron chi connectivity index (χ1n) is 5.45. The van der Waals surface area contributed by atoms with Gasteiger partial charge in [-0.05, 0) is 41.6 Å². The molecule has 1 aliphatic carbocycles. The number of nitrogens with two attached hydrogens (primary N) is 1. The molecule has 0 radical (unpaired) electrons. The van der Waals surface area contributed by atoms with Crippen LogP contribution in [0.3, 0.4) is 0 Å². The Morgan fingerprint density at radius 1 is 1.41 bits per heavy atom. The largest absolute Gasteiger partial charge is 0.457 e. The van der Waals surface area contributed by atoms with Crippen LogP contribution >= 0.6 is 28.3 Å². The minimum Gasteiger partial charge on any atom is -0.457 e. The molecule has 0 aliphatic heterocycles. The summed E-state index contributed by atoms with van der Waals surface area (Å²) >= 11 is 3.17. The molecule has 1 aromatic heterocycles. The molecule has 0 spiro atoms. The first-order chi connectivity index (χ1) is 7.65. The van der Waals surface area contributed by atoms with Crippen LogP contribution in [-0.4, -0.2) is 18.0 Å². The zero-order valence-corrected chi connectivity index (χ0v) is 11.7. The lowest BCUT2D eigenvalue weighted by Gasteiger charge is -2.26. The van der Waals surface area contributed by atoms with Gasteiger partial charge in [0, 0.05) is 18.2 Å². The minimum absolute atomic E-state index is 0. The van der Waals surface area contributed by atoms with Crippen LogP contribution in [0.4, 0.5) is 0 Å². The van der Waals surface area contributed by atoms with Gasteiger partial charge in [-0.1, -0.05) is 0 Å². The summed E-state index contributed by atoms with van der Waals surface area (Å²) in [6.45, 7) is 0. The summed E-state index contributed by atoms with van der Waals surface area (Å²) in [6, 6.07) is 2.22. The molecule has 4 nitrogen and oxygen atoms in total. The second-order valence-corrected chi connectivity index (χ2v) is 5.01. The molecule has 1 aromatic rings. The predicted molar refractivity (Wildman–Crippen MR) is 71.4 cm³/mol. The number of nitrogens with one attached hydrogen (secondary N) is 1. The second kappa shape index (κ2) is 6.42. The van der Waals surface area contributed by atoms with Crippen molar-refractivity contribution in [3.05, 3.63) is 22.6 Å². The minimum atomic E-state index is -0.0741. The quantitative estimate of drug-likeness (QED) is 0.878. The van der Waals surface area contributed by atoms with Gasteiger partial charge in [-0.15, -0.1) is 12.4 Å². The van der Waals surface area contributed by atoms with E-state index in [0.717, 1.165) is 25.7 Å². The first kappa shape index (κ1) is 14.5. The number of amides is 1. The molecule has 2 rings (SSSR count). The number of hydrogen-bond acceptors (Lipinski definition) is 3. The molecule has 0 aromatic carbocycles. The van der Waals surface area contributed by atoms with Crippen molar-refractivity contribution in [2.75, 3.05) is 0 Å². The second-order valence-electron chi connectivity index (χ2n) is 4.22. The molecule has 17 heavy (non-hydrogen) atoms. The van der Waals surface area contributed by atoms with Crippen LogP contribution < -0.4 is 11.1 Å². The SMILES string of the molecule is Cl.NC1CCC(NC(=O)c2coc(Br)c2)CC1. The smallest absolute Gasteiger partial charge is 0.254 e. The fourth-order valence-corrected chi connectivity index (χ4v) is 2.30. The van der Waals surface area contributed by atoms with E-state index in [1.165, 1.54) is 6.26 Å². The molecule has 1 amide bonds. The fraction of sp³-hybridized carbons (Fsp3) is 0.545. The predicted octanol–water partition coefficient (Wildman–Crippen LogP) is 2.46. The molecule has 3 N–H and O–H groups in total. The van der Waals surface area contributed by atoms with E-state index < -0.39 is 0 Å². The van der Waals surface area contributed by atoms with Gasteiger partial charge in [0.1, 0.15) is 6.26 Å². The molecule has 1 fully saturated rings. The third kappa shape index (κ3) is 4.01. The van der Waals surface area contributed by atoms with Gasteiger partial charge in [-0.25, -0.2) is 0 Å². The van der Waals surface area contributed by atoms with Crippen molar-refractivity contribution < 1.29 is 9.21 Å². The van der Waals surface area contributed by atoms with E-state index in [-0.39, 0.29) is 24.4 Å². The first-order valence-corrected chi connectivity index (χ1v) is 6.25. The lowest BCUT2D eigenvalue weighted by Crippen LogP contribution is -2.40. The van der Waals surface area contributed by atoms with Crippen LogP contribution in [0, 0.1) is 0 Å². The number of rotatable bonds is 2. The van der Waals surface area contributed by atoms with E-state index in [1.807, 2.05) is 0 Å². The van der Waals surface area contributed by atoms with Crippen molar-refractivity contribution >= 4 is 34.2 Å². The molecule has 1 aliphatic rings. The zero-order valence-electron chi connectivity index (χ0n) is 9.32. The van der Waals surface area contributed by atoms with Gasteiger partial charge < -0.3 is 15.5 Å². The van der Waals surface area contributed by atoms with E-state index in [4.69, 9.17) is 10.2 Å². The number of carbonyl (C=O) groups excluding carboxylic acids is 1. The van der Waals surface area contributed by atoms with Crippen LogP contribution in [0.1, 0.15) is 36.0 Å². The number of halogens is 2. The average Bonchev–Trinajstić information content (AvgIpc) is 2.68. The molecule has 0 bridgehead atoms. The van der Waals surface area contributed by atoms with Crippen molar-refractivity contribution in [2.45, 2.75) is 37.8 Å². The van der Waals surface area contributed by atoms with Gasteiger partial charge in [0.15, 0.2) is 4.67 Å². The maximum Gasteiger partial charge on any atom is 0.254 e. The fourth-order valence-electron chi connectivity index (χ4n) is 1.96.